The molecule has 0 aliphatic carbocycles. The molecule has 2 heterocycles. The molecule has 0 saturated heterocycles. The predicted molar refractivity (Wildman–Crippen MR) is 59.5 cm³/mol. The molecule has 0 N–H and O–H groups in total. The molecule has 1 atom stereocenters. The molecule has 0 spiro atoms. The summed E-state index contributed by atoms with van der Waals surface area (Å²) in [6.07, 6.45) is 9.03. The molecule has 0 fully saturated rings. The Balaban J connectivity index is 2.42. The fourth-order valence-corrected chi connectivity index (χ4v) is 2.26. The van der Waals surface area contributed by atoms with Crippen molar-refractivity contribution in [3.63, 3.8) is 0 Å². The van der Waals surface area contributed by atoms with Crippen LogP contribution in [0.2, 0.25) is 0 Å². The van der Waals surface area contributed by atoms with E-state index in [1.165, 1.54) is 5.56 Å². The molecule has 2 aromatic rings. The number of hydrogen-bond acceptors (Lipinski definition) is 3. The molecule has 0 aromatic carbocycles. The topological polar surface area (TPSA) is 30.2 Å². The van der Waals surface area contributed by atoms with Gasteiger partial charge in [0.15, 0.2) is 5.65 Å². The molecule has 0 saturated carbocycles. The van der Waals surface area contributed by atoms with Gasteiger partial charge < -0.3 is 0 Å². The van der Waals surface area contributed by atoms with Gasteiger partial charge >= 0.3 is 0 Å². The average molecular weight is 207 g/mol. The minimum Gasteiger partial charge on any atom is -0.237 e. The van der Waals surface area contributed by atoms with Crippen molar-refractivity contribution in [1.82, 2.24) is 14.6 Å². The van der Waals surface area contributed by atoms with Crippen molar-refractivity contribution in [2.45, 2.75) is 18.6 Å². The van der Waals surface area contributed by atoms with E-state index in [1.54, 1.807) is 6.20 Å². The number of nitrogens with zero attached hydrogens (tertiary/aromatic N) is 3. The summed E-state index contributed by atoms with van der Waals surface area (Å²) in [5.41, 5.74) is 2.15. The summed E-state index contributed by atoms with van der Waals surface area (Å²) < 4.78 is 1.83. The molecule has 1 unspecified atom stereocenters. The van der Waals surface area contributed by atoms with Crippen LogP contribution >= 0.6 is 11.8 Å². The van der Waals surface area contributed by atoms with Crippen molar-refractivity contribution in [1.29, 1.82) is 0 Å². The smallest absolute Gasteiger partial charge is 0.154 e. The molecule has 0 aliphatic rings. The lowest BCUT2D eigenvalue weighted by Gasteiger charge is -2.11. The van der Waals surface area contributed by atoms with Gasteiger partial charge in [-0.15, -0.1) is 0 Å². The second-order valence-electron chi connectivity index (χ2n) is 3.15. The third kappa shape index (κ3) is 1.62. The summed E-state index contributed by atoms with van der Waals surface area (Å²) in [5.74, 6) is 0. The Morgan fingerprint density at radius 2 is 2.43 bits per heavy atom. The number of fused-ring (bicyclic) bond motifs is 1. The van der Waals surface area contributed by atoms with E-state index in [9.17, 15) is 0 Å². The third-order valence-corrected chi connectivity index (χ3v) is 3.47. The molecule has 74 valence electrons. The van der Waals surface area contributed by atoms with E-state index in [2.05, 4.69) is 29.5 Å². The van der Waals surface area contributed by atoms with Gasteiger partial charge in [-0.05, 0) is 12.7 Å². The quantitative estimate of drug-likeness (QED) is 0.774. The zero-order valence-corrected chi connectivity index (χ0v) is 9.16. The Hall–Kier alpha value is -1.03. The Morgan fingerprint density at radius 3 is 3.14 bits per heavy atom. The van der Waals surface area contributed by atoms with E-state index in [0.29, 0.717) is 5.25 Å². The van der Waals surface area contributed by atoms with Crippen molar-refractivity contribution < 1.29 is 0 Å². The largest absolute Gasteiger partial charge is 0.237 e. The van der Waals surface area contributed by atoms with Crippen molar-refractivity contribution in [3.8, 4) is 0 Å². The van der Waals surface area contributed by atoms with E-state index in [4.69, 9.17) is 0 Å². The lowest BCUT2D eigenvalue weighted by atomic mass is 10.2. The monoisotopic (exact) mass is 207 g/mol. The van der Waals surface area contributed by atoms with Crippen molar-refractivity contribution in [3.05, 3.63) is 30.2 Å². The van der Waals surface area contributed by atoms with Crippen LogP contribution in [0.3, 0.4) is 0 Å². The normalized spacial score (nSPS) is 13.3. The predicted octanol–water partition coefficient (Wildman–Crippen LogP) is 2.54. The number of aromatic nitrogens is 3. The fraction of sp³-hybridized carbons (Fsp3) is 0.400. The van der Waals surface area contributed by atoms with Crippen molar-refractivity contribution in [2.75, 3.05) is 6.26 Å². The molecule has 3 nitrogen and oxygen atoms in total. The molecule has 0 radical (unpaired) electrons. The second kappa shape index (κ2) is 4.00. The maximum atomic E-state index is 4.35. The van der Waals surface area contributed by atoms with Crippen LogP contribution in [0.25, 0.3) is 5.65 Å². The lowest BCUT2D eigenvalue weighted by Crippen LogP contribution is -1.97. The van der Waals surface area contributed by atoms with Gasteiger partial charge in [0, 0.05) is 29.3 Å². The van der Waals surface area contributed by atoms with Crippen LogP contribution in [0.4, 0.5) is 0 Å². The highest BCUT2D eigenvalue weighted by Gasteiger charge is 2.08. The van der Waals surface area contributed by atoms with Crippen LogP contribution < -0.4 is 0 Å². The van der Waals surface area contributed by atoms with Crippen LogP contribution in [0.15, 0.2) is 24.7 Å². The Kier molecular flexibility index (Phi) is 2.72. The summed E-state index contributed by atoms with van der Waals surface area (Å²) in [6.45, 7) is 2.19. The van der Waals surface area contributed by atoms with Gasteiger partial charge in [0.25, 0.3) is 0 Å². The highest BCUT2D eigenvalue weighted by Crippen LogP contribution is 2.28. The van der Waals surface area contributed by atoms with Gasteiger partial charge in [0.1, 0.15) is 0 Å². The van der Waals surface area contributed by atoms with Gasteiger partial charge in [-0.2, -0.15) is 16.9 Å². The Labute approximate surface area is 87.5 Å². The number of hydrogen-bond donors (Lipinski definition) is 0. The van der Waals surface area contributed by atoms with Crippen LogP contribution in [0.1, 0.15) is 24.2 Å². The van der Waals surface area contributed by atoms with Crippen LogP contribution in [0.5, 0.6) is 0 Å². The SMILES string of the molecule is CCC(SC)c1cnc2ccnn2c1. The first-order valence-electron chi connectivity index (χ1n) is 4.67. The summed E-state index contributed by atoms with van der Waals surface area (Å²) >= 11 is 1.85. The first-order valence-corrected chi connectivity index (χ1v) is 5.96. The first kappa shape index (κ1) is 9.52. The third-order valence-electron chi connectivity index (χ3n) is 2.29. The molecular formula is C10H13N3S. The number of thioether (sulfide) groups is 1. The van der Waals surface area contributed by atoms with E-state index in [-0.39, 0.29) is 0 Å². The highest BCUT2D eigenvalue weighted by molar-refractivity contribution is 7.98. The molecule has 4 heteroatoms. The first-order chi connectivity index (χ1) is 6.85. The van der Waals surface area contributed by atoms with Crippen LogP contribution in [-0.4, -0.2) is 20.9 Å². The fourth-order valence-electron chi connectivity index (χ4n) is 1.53. The molecular weight excluding hydrogens is 194 g/mol. The molecule has 0 amide bonds. The standard InChI is InChI=1S/C10H13N3S/c1-3-9(14-2)8-6-11-10-4-5-12-13(10)7-8/h4-7,9H,3H2,1-2H3. The van der Waals surface area contributed by atoms with E-state index in [0.717, 1.165) is 12.1 Å². The zero-order valence-electron chi connectivity index (χ0n) is 8.34. The van der Waals surface area contributed by atoms with Crippen molar-refractivity contribution >= 4 is 17.4 Å². The summed E-state index contributed by atoms with van der Waals surface area (Å²) in [5, 5.41) is 4.70. The minimum atomic E-state index is 0.524. The molecule has 0 aliphatic heterocycles. The van der Waals surface area contributed by atoms with Gasteiger partial charge in [-0.25, -0.2) is 9.50 Å². The number of rotatable bonds is 3. The van der Waals surface area contributed by atoms with Gasteiger partial charge in [-0.3, -0.25) is 0 Å². The summed E-state index contributed by atoms with van der Waals surface area (Å²) in [6, 6.07) is 1.91. The van der Waals surface area contributed by atoms with E-state index >= 15 is 0 Å². The van der Waals surface area contributed by atoms with E-state index < -0.39 is 0 Å². The maximum absolute atomic E-state index is 4.35. The molecule has 14 heavy (non-hydrogen) atoms. The summed E-state index contributed by atoms with van der Waals surface area (Å²) in [7, 11) is 0. The van der Waals surface area contributed by atoms with Crippen molar-refractivity contribution in [2.24, 2.45) is 0 Å². The van der Waals surface area contributed by atoms with E-state index in [1.807, 2.05) is 28.5 Å². The average Bonchev–Trinajstić information content (AvgIpc) is 2.66. The lowest BCUT2D eigenvalue weighted by molar-refractivity contribution is 0.850. The van der Waals surface area contributed by atoms with Gasteiger partial charge in [-0.1, -0.05) is 6.92 Å². The zero-order chi connectivity index (χ0) is 9.97. The second-order valence-corrected chi connectivity index (χ2v) is 4.19. The Bertz CT molecular complexity index is 420. The summed E-state index contributed by atoms with van der Waals surface area (Å²) in [4.78, 5) is 4.35. The van der Waals surface area contributed by atoms with Crippen LogP contribution in [-0.2, 0) is 0 Å². The van der Waals surface area contributed by atoms with Gasteiger partial charge in [0.2, 0.25) is 0 Å². The van der Waals surface area contributed by atoms with Crippen LogP contribution in [0, 0.1) is 0 Å². The molecule has 2 rings (SSSR count). The molecule has 2 aromatic heterocycles. The minimum absolute atomic E-state index is 0.524. The highest BCUT2D eigenvalue weighted by atomic mass is 32.2. The Morgan fingerprint density at radius 1 is 1.57 bits per heavy atom. The molecule has 0 bridgehead atoms. The maximum Gasteiger partial charge on any atom is 0.154 e. The van der Waals surface area contributed by atoms with Gasteiger partial charge in [0.05, 0.1) is 6.20 Å².